The lowest BCUT2D eigenvalue weighted by molar-refractivity contribution is -0.254. The number of aliphatic hydroxyl groups is 4. The number of esters is 4. The highest BCUT2D eigenvalue weighted by Gasteiger charge is 2.52. The molecule has 2 aromatic rings. The minimum Gasteiger partial charge on any atom is -0.463 e. The maximum Gasteiger partial charge on any atom is 0.303 e. The largest absolute Gasteiger partial charge is 0.463 e. The van der Waals surface area contributed by atoms with Gasteiger partial charge in [-0.05, 0) is 34.5 Å². The highest BCUT2D eigenvalue weighted by Crippen LogP contribution is 2.38. The zero-order chi connectivity index (χ0) is 33.7. The number of fused-ring (bicyclic) bond motifs is 1. The van der Waals surface area contributed by atoms with Crippen LogP contribution in [0.15, 0.2) is 36.4 Å². The van der Waals surface area contributed by atoms with E-state index in [2.05, 4.69) is 11.8 Å². The van der Waals surface area contributed by atoms with Gasteiger partial charge in [0.25, 0.3) is 0 Å². The van der Waals surface area contributed by atoms with Crippen LogP contribution in [0.3, 0.4) is 0 Å². The van der Waals surface area contributed by atoms with Crippen molar-refractivity contribution < 1.29 is 68.0 Å². The molecule has 2 aliphatic rings. The molecule has 1 unspecified atom stereocenters. The van der Waals surface area contributed by atoms with E-state index in [0.717, 1.165) is 19.2 Å². The van der Waals surface area contributed by atoms with Crippen molar-refractivity contribution in [3.05, 3.63) is 47.5 Å². The first-order chi connectivity index (χ1) is 21.8. The minimum atomic E-state index is -1.54. The summed E-state index contributed by atoms with van der Waals surface area (Å²) >= 11 is 0. The third kappa shape index (κ3) is 8.18. The monoisotopic (exact) mass is 644 g/mol. The second-order valence-electron chi connectivity index (χ2n) is 11.0. The Hall–Kier alpha value is -4.10. The lowest BCUT2D eigenvalue weighted by atomic mass is 9.89. The summed E-state index contributed by atoms with van der Waals surface area (Å²) in [6, 6.07) is 10.4. The van der Waals surface area contributed by atoms with Crippen molar-refractivity contribution in [1.82, 2.24) is 0 Å². The maximum atomic E-state index is 12.2. The van der Waals surface area contributed by atoms with Crippen molar-refractivity contribution in [2.75, 3.05) is 13.2 Å². The summed E-state index contributed by atoms with van der Waals surface area (Å²) in [4.78, 5) is 47.9. The summed E-state index contributed by atoms with van der Waals surface area (Å²) in [5, 5.41) is 41.1. The van der Waals surface area contributed by atoms with Crippen molar-refractivity contribution >= 4 is 34.6 Å². The van der Waals surface area contributed by atoms with Crippen LogP contribution in [0, 0.1) is 11.8 Å². The van der Waals surface area contributed by atoms with Crippen molar-refractivity contribution in [2.45, 2.75) is 88.7 Å². The molecule has 2 heterocycles. The maximum absolute atomic E-state index is 12.2. The van der Waals surface area contributed by atoms with E-state index >= 15 is 0 Å². The fourth-order valence-corrected chi connectivity index (χ4v) is 5.39. The molecule has 2 aliphatic heterocycles. The van der Waals surface area contributed by atoms with E-state index in [-0.39, 0.29) is 6.61 Å². The SMILES string of the molecule is CC(=O)OC[C@H]1O[C@H](c2ccc3cc(C#C[C@H]4OC(CO)[C@@H](O)[C@H](O)[C@@H]4O)ccc3c2)[C@@H](OC(C)=O)[C@@H](OC(C)=O)[C@@H]1OC(C)=O. The number of carbonyl (C=O) groups is 4. The van der Waals surface area contributed by atoms with Gasteiger partial charge in [0, 0.05) is 33.3 Å². The van der Waals surface area contributed by atoms with Gasteiger partial charge in [0.2, 0.25) is 0 Å². The molecule has 14 nitrogen and oxygen atoms in total. The van der Waals surface area contributed by atoms with Gasteiger partial charge in [-0.1, -0.05) is 30.0 Å². The molecule has 2 aromatic carbocycles. The minimum absolute atomic E-state index is 0.349. The third-order valence-corrected chi connectivity index (χ3v) is 7.43. The van der Waals surface area contributed by atoms with Crippen LogP contribution in [0.4, 0.5) is 0 Å². The number of carbonyl (C=O) groups excluding carboxylic acids is 4. The molecule has 248 valence electrons. The Balaban J connectivity index is 1.67. The lowest BCUT2D eigenvalue weighted by Crippen LogP contribution is -2.59. The molecule has 0 radical (unpaired) electrons. The van der Waals surface area contributed by atoms with Crippen LogP contribution in [-0.2, 0) is 47.6 Å². The first kappa shape index (κ1) is 34.8. The molecule has 0 amide bonds. The predicted octanol–water partition coefficient (Wildman–Crippen LogP) is -0.168. The number of ether oxygens (including phenoxy) is 6. The summed E-state index contributed by atoms with van der Waals surface area (Å²) in [6.45, 7) is 3.74. The van der Waals surface area contributed by atoms with Gasteiger partial charge < -0.3 is 48.8 Å². The van der Waals surface area contributed by atoms with E-state index in [9.17, 15) is 39.6 Å². The number of aliphatic hydroxyl groups excluding tert-OH is 4. The van der Waals surface area contributed by atoms with Gasteiger partial charge in [0.15, 0.2) is 18.3 Å². The van der Waals surface area contributed by atoms with Gasteiger partial charge in [0.1, 0.15) is 49.3 Å². The predicted molar refractivity (Wildman–Crippen MR) is 156 cm³/mol. The zero-order valence-corrected chi connectivity index (χ0v) is 25.5. The van der Waals surface area contributed by atoms with Crippen molar-refractivity contribution in [3.8, 4) is 11.8 Å². The van der Waals surface area contributed by atoms with Crippen LogP contribution in [0.1, 0.15) is 44.9 Å². The normalized spacial score (nSPS) is 30.8. The molecule has 14 heteroatoms. The molecule has 46 heavy (non-hydrogen) atoms. The van der Waals surface area contributed by atoms with Gasteiger partial charge in [-0.15, -0.1) is 0 Å². The van der Waals surface area contributed by atoms with E-state index in [1.807, 2.05) is 0 Å². The highest BCUT2D eigenvalue weighted by molar-refractivity contribution is 5.84. The molecule has 10 atom stereocenters. The summed E-state index contributed by atoms with van der Waals surface area (Å²) < 4.78 is 33.4. The van der Waals surface area contributed by atoms with Crippen LogP contribution >= 0.6 is 0 Å². The Morgan fingerprint density at radius 2 is 1.33 bits per heavy atom. The molecule has 4 rings (SSSR count). The molecule has 0 aliphatic carbocycles. The molecule has 0 aromatic heterocycles. The Morgan fingerprint density at radius 1 is 0.717 bits per heavy atom. The van der Waals surface area contributed by atoms with Gasteiger partial charge in [-0.2, -0.15) is 0 Å². The van der Waals surface area contributed by atoms with Crippen LogP contribution in [0.5, 0.6) is 0 Å². The molecule has 0 spiro atoms. The topological polar surface area (TPSA) is 205 Å². The Kier molecular flexibility index (Phi) is 11.3. The van der Waals surface area contributed by atoms with E-state index in [1.165, 1.54) is 13.8 Å². The second-order valence-corrected chi connectivity index (χ2v) is 11.0. The van der Waals surface area contributed by atoms with Gasteiger partial charge in [-0.25, -0.2) is 0 Å². The first-order valence-electron chi connectivity index (χ1n) is 14.4. The first-order valence-corrected chi connectivity index (χ1v) is 14.4. The summed E-state index contributed by atoms with van der Waals surface area (Å²) in [6.07, 6.45) is -12.7. The Bertz CT molecular complexity index is 1510. The average Bonchev–Trinajstić information content (AvgIpc) is 2.99. The van der Waals surface area contributed by atoms with Crippen LogP contribution < -0.4 is 0 Å². The molecular formula is C32H36O14. The fourth-order valence-electron chi connectivity index (χ4n) is 5.39. The van der Waals surface area contributed by atoms with E-state index in [0.29, 0.717) is 16.5 Å². The molecule has 0 bridgehead atoms. The summed E-state index contributed by atoms with van der Waals surface area (Å²) in [7, 11) is 0. The van der Waals surface area contributed by atoms with Crippen molar-refractivity contribution in [3.63, 3.8) is 0 Å². The van der Waals surface area contributed by atoms with Crippen LogP contribution in [0.25, 0.3) is 10.8 Å². The number of benzene rings is 2. The highest BCUT2D eigenvalue weighted by atomic mass is 16.7. The number of hydrogen-bond acceptors (Lipinski definition) is 14. The second kappa shape index (κ2) is 15.0. The molecule has 2 saturated heterocycles. The summed E-state index contributed by atoms with van der Waals surface area (Å²) in [5.74, 6) is 2.81. The van der Waals surface area contributed by atoms with E-state index in [4.69, 9.17) is 28.4 Å². The standard InChI is InChI=1S/C32H36O14/c1-15(34)41-14-25-30(42-16(2)35)32(44-18(4)37)31(43-17(3)36)29(46-25)22-9-8-20-11-19(5-7-21(20)12-22)6-10-23-26(38)28(40)27(39)24(13-33)45-23/h5,7-9,11-12,23-33,38-40H,13-14H2,1-4H3/t23-,24?,25-,26-,27-,28-,29-,30-,31-,32+/m1/s1. The summed E-state index contributed by atoms with van der Waals surface area (Å²) in [5.41, 5.74) is 1.04. The third-order valence-electron chi connectivity index (χ3n) is 7.43. The van der Waals surface area contributed by atoms with Crippen molar-refractivity contribution in [2.24, 2.45) is 0 Å². The van der Waals surface area contributed by atoms with E-state index in [1.54, 1.807) is 36.4 Å². The van der Waals surface area contributed by atoms with Gasteiger partial charge in [0.05, 0.1) is 6.61 Å². The van der Waals surface area contributed by atoms with Crippen LogP contribution in [0.2, 0.25) is 0 Å². The fraction of sp³-hybridized carbons (Fsp3) is 0.500. The molecular weight excluding hydrogens is 608 g/mol. The number of hydrogen-bond donors (Lipinski definition) is 4. The Labute approximate surface area is 264 Å². The van der Waals surface area contributed by atoms with Crippen LogP contribution in [-0.4, -0.2) is 112 Å². The van der Waals surface area contributed by atoms with E-state index < -0.39 is 91.5 Å². The lowest BCUT2D eigenvalue weighted by Gasteiger charge is -2.44. The van der Waals surface area contributed by atoms with Gasteiger partial charge >= 0.3 is 23.9 Å². The number of rotatable bonds is 7. The molecule has 2 fully saturated rings. The smallest absolute Gasteiger partial charge is 0.303 e. The quantitative estimate of drug-likeness (QED) is 0.176. The van der Waals surface area contributed by atoms with Crippen molar-refractivity contribution in [1.29, 1.82) is 0 Å². The zero-order valence-electron chi connectivity index (χ0n) is 25.5. The van der Waals surface area contributed by atoms with Gasteiger partial charge in [-0.3, -0.25) is 19.2 Å². The average molecular weight is 645 g/mol. The molecule has 0 saturated carbocycles. The Morgan fingerprint density at radius 3 is 1.96 bits per heavy atom. The molecule has 4 N–H and O–H groups in total.